The molecule has 1 aromatic carbocycles. The number of hydrogen-bond donors (Lipinski definition) is 2. The predicted molar refractivity (Wildman–Crippen MR) is 89.1 cm³/mol. The van der Waals surface area contributed by atoms with Gasteiger partial charge in [0.2, 0.25) is 0 Å². The lowest BCUT2D eigenvalue weighted by Gasteiger charge is -2.37. The summed E-state index contributed by atoms with van der Waals surface area (Å²) in [5, 5.41) is 12.8. The first kappa shape index (κ1) is 16.8. The van der Waals surface area contributed by atoms with Crippen molar-refractivity contribution in [1.82, 2.24) is 10.2 Å². The molecule has 1 aromatic rings. The molecule has 0 aliphatic heterocycles. The number of urea groups is 1. The number of hydrogen-bond acceptors (Lipinski definition) is 2. The number of nitrogens with zero attached hydrogens (tertiary/aromatic N) is 1. The second-order valence-electron chi connectivity index (χ2n) is 7.40. The van der Waals surface area contributed by atoms with Crippen molar-refractivity contribution in [3.8, 4) is 0 Å². The third-order valence-electron chi connectivity index (χ3n) is 4.44. The van der Waals surface area contributed by atoms with E-state index in [4.69, 9.17) is 0 Å². The lowest BCUT2D eigenvalue weighted by molar-refractivity contribution is 0.0530. The molecular formula is C18H28N2O2. The van der Waals surface area contributed by atoms with Gasteiger partial charge in [-0.1, -0.05) is 31.2 Å². The maximum absolute atomic E-state index is 12.2. The van der Waals surface area contributed by atoms with Gasteiger partial charge in [-0.3, -0.25) is 0 Å². The van der Waals surface area contributed by atoms with E-state index < -0.39 is 5.60 Å². The Balaban J connectivity index is 2.01. The van der Waals surface area contributed by atoms with E-state index in [-0.39, 0.29) is 11.4 Å². The first-order valence-corrected chi connectivity index (χ1v) is 8.01. The number of likely N-dealkylation sites (N-methyl/N-ethyl adjacent to an activating group) is 1. The van der Waals surface area contributed by atoms with E-state index in [0.29, 0.717) is 13.1 Å². The SMILES string of the molecule is CN(CC(C)(C)O)C(=O)NCC1(C)CCCc2ccccc21. The van der Waals surface area contributed by atoms with Crippen molar-refractivity contribution < 1.29 is 9.90 Å². The van der Waals surface area contributed by atoms with Gasteiger partial charge in [0.1, 0.15) is 0 Å². The highest BCUT2D eigenvalue weighted by Crippen LogP contribution is 2.36. The van der Waals surface area contributed by atoms with Crippen molar-refractivity contribution in [2.45, 2.75) is 51.0 Å². The number of nitrogens with one attached hydrogen (secondary N) is 1. The number of benzene rings is 1. The number of aryl methyl sites for hydroxylation is 1. The molecule has 0 saturated heterocycles. The third-order valence-corrected chi connectivity index (χ3v) is 4.44. The van der Waals surface area contributed by atoms with Crippen LogP contribution in [0, 0.1) is 0 Å². The molecule has 0 saturated carbocycles. The van der Waals surface area contributed by atoms with E-state index in [1.165, 1.54) is 16.0 Å². The van der Waals surface area contributed by atoms with E-state index in [1.54, 1.807) is 20.9 Å². The minimum atomic E-state index is -0.882. The third kappa shape index (κ3) is 4.01. The zero-order valence-electron chi connectivity index (χ0n) is 14.1. The number of rotatable bonds is 4. The average Bonchev–Trinajstić information content (AvgIpc) is 2.43. The number of aliphatic hydroxyl groups is 1. The van der Waals surface area contributed by atoms with Gasteiger partial charge in [-0.15, -0.1) is 0 Å². The molecule has 1 aliphatic rings. The van der Waals surface area contributed by atoms with Crippen molar-refractivity contribution in [3.63, 3.8) is 0 Å². The van der Waals surface area contributed by atoms with Crippen LogP contribution in [0.4, 0.5) is 4.79 Å². The molecule has 4 heteroatoms. The summed E-state index contributed by atoms with van der Waals surface area (Å²) in [6, 6.07) is 8.40. The van der Waals surface area contributed by atoms with Gasteiger partial charge in [-0.25, -0.2) is 4.79 Å². The quantitative estimate of drug-likeness (QED) is 0.898. The predicted octanol–water partition coefficient (Wildman–Crippen LogP) is 2.69. The molecule has 0 spiro atoms. The van der Waals surface area contributed by atoms with Crippen LogP contribution in [0.5, 0.6) is 0 Å². The molecule has 2 rings (SSSR count). The van der Waals surface area contributed by atoms with E-state index >= 15 is 0 Å². The molecule has 22 heavy (non-hydrogen) atoms. The van der Waals surface area contributed by atoms with Gasteiger partial charge in [-0.2, -0.15) is 0 Å². The van der Waals surface area contributed by atoms with Crippen LogP contribution in [0.15, 0.2) is 24.3 Å². The zero-order valence-corrected chi connectivity index (χ0v) is 14.1. The lowest BCUT2D eigenvalue weighted by Crippen LogP contribution is -2.48. The maximum atomic E-state index is 12.2. The standard InChI is InChI=1S/C18H28N2O2/c1-17(2,22)13-20(4)16(21)19-12-18(3)11-7-9-14-8-5-6-10-15(14)18/h5-6,8,10,22H,7,9,11-13H2,1-4H3,(H,19,21). The first-order valence-electron chi connectivity index (χ1n) is 8.01. The summed E-state index contributed by atoms with van der Waals surface area (Å²) in [5.74, 6) is 0. The molecule has 0 bridgehead atoms. The summed E-state index contributed by atoms with van der Waals surface area (Å²) < 4.78 is 0. The van der Waals surface area contributed by atoms with Crippen LogP contribution in [0.1, 0.15) is 44.7 Å². The van der Waals surface area contributed by atoms with Crippen LogP contribution in [0.3, 0.4) is 0 Å². The van der Waals surface area contributed by atoms with Crippen LogP contribution in [0.2, 0.25) is 0 Å². The Kier molecular flexibility index (Phi) is 4.81. The molecule has 0 fully saturated rings. The van der Waals surface area contributed by atoms with Gasteiger partial charge >= 0.3 is 6.03 Å². The van der Waals surface area contributed by atoms with Gasteiger partial charge in [0, 0.05) is 19.0 Å². The van der Waals surface area contributed by atoms with Gasteiger partial charge in [0.05, 0.1) is 12.1 Å². The van der Waals surface area contributed by atoms with Crippen LogP contribution in [0.25, 0.3) is 0 Å². The summed E-state index contributed by atoms with van der Waals surface area (Å²) in [6.45, 7) is 6.57. The van der Waals surface area contributed by atoms with Gasteiger partial charge in [0.15, 0.2) is 0 Å². The zero-order chi connectivity index (χ0) is 16.4. The highest BCUT2D eigenvalue weighted by molar-refractivity contribution is 5.74. The molecule has 1 unspecified atom stereocenters. The molecule has 0 radical (unpaired) electrons. The molecule has 4 nitrogen and oxygen atoms in total. The van der Waals surface area contributed by atoms with Crippen molar-refractivity contribution in [2.75, 3.05) is 20.1 Å². The Hall–Kier alpha value is -1.55. The Morgan fingerprint density at radius 1 is 1.41 bits per heavy atom. The minimum Gasteiger partial charge on any atom is -0.389 e. The fraction of sp³-hybridized carbons (Fsp3) is 0.611. The smallest absolute Gasteiger partial charge is 0.317 e. The van der Waals surface area contributed by atoms with Crippen LogP contribution < -0.4 is 5.32 Å². The Bertz CT molecular complexity index is 536. The van der Waals surface area contributed by atoms with Crippen molar-refractivity contribution in [3.05, 3.63) is 35.4 Å². The van der Waals surface area contributed by atoms with Crippen LogP contribution in [-0.2, 0) is 11.8 Å². The van der Waals surface area contributed by atoms with E-state index in [2.05, 4.69) is 36.5 Å². The molecule has 1 aliphatic carbocycles. The summed E-state index contributed by atoms with van der Waals surface area (Å²) in [4.78, 5) is 13.8. The second-order valence-corrected chi connectivity index (χ2v) is 7.40. The van der Waals surface area contributed by atoms with Gasteiger partial charge in [0.25, 0.3) is 0 Å². The fourth-order valence-corrected chi connectivity index (χ4v) is 3.37. The Morgan fingerprint density at radius 3 is 2.77 bits per heavy atom. The fourth-order valence-electron chi connectivity index (χ4n) is 3.37. The largest absolute Gasteiger partial charge is 0.389 e. The minimum absolute atomic E-state index is 0.0138. The monoisotopic (exact) mass is 304 g/mol. The number of carbonyl (C=O) groups excluding carboxylic acids is 1. The summed E-state index contributed by atoms with van der Waals surface area (Å²) in [6.07, 6.45) is 3.36. The van der Waals surface area contributed by atoms with Gasteiger partial charge in [-0.05, 0) is 44.2 Å². The molecule has 2 amide bonds. The van der Waals surface area contributed by atoms with E-state index in [1.807, 2.05) is 0 Å². The average molecular weight is 304 g/mol. The Morgan fingerprint density at radius 2 is 2.09 bits per heavy atom. The normalized spacial score (nSPS) is 21.1. The first-order chi connectivity index (χ1) is 10.2. The van der Waals surface area contributed by atoms with Crippen LogP contribution in [-0.4, -0.2) is 41.8 Å². The highest BCUT2D eigenvalue weighted by atomic mass is 16.3. The molecule has 0 heterocycles. The summed E-state index contributed by atoms with van der Waals surface area (Å²) >= 11 is 0. The molecule has 1 atom stereocenters. The number of carbonyl (C=O) groups is 1. The van der Waals surface area contributed by atoms with Crippen molar-refractivity contribution >= 4 is 6.03 Å². The molecular weight excluding hydrogens is 276 g/mol. The van der Waals surface area contributed by atoms with E-state index in [9.17, 15) is 9.90 Å². The molecule has 2 N–H and O–H groups in total. The van der Waals surface area contributed by atoms with Crippen LogP contribution >= 0.6 is 0 Å². The maximum Gasteiger partial charge on any atom is 0.317 e. The Labute approximate surface area is 133 Å². The highest BCUT2D eigenvalue weighted by Gasteiger charge is 2.32. The van der Waals surface area contributed by atoms with Crippen molar-refractivity contribution in [1.29, 1.82) is 0 Å². The number of fused-ring (bicyclic) bond motifs is 1. The second kappa shape index (κ2) is 6.29. The summed E-state index contributed by atoms with van der Waals surface area (Å²) in [5.41, 5.74) is 1.86. The molecule has 0 aromatic heterocycles. The summed E-state index contributed by atoms with van der Waals surface area (Å²) in [7, 11) is 1.71. The van der Waals surface area contributed by atoms with E-state index in [0.717, 1.165) is 19.3 Å². The number of amides is 2. The topological polar surface area (TPSA) is 52.6 Å². The molecule has 122 valence electrons. The van der Waals surface area contributed by atoms with Crippen molar-refractivity contribution in [2.24, 2.45) is 0 Å². The lowest BCUT2D eigenvalue weighted by atomic mass is 9.71. The van der Waals surface area contributed by atoms with Gasteiger partial charge < -0.3 is 15.3 Å².